The molecule has 112 valence electrons. The molecular weight excluding hydrogens is 342 g/mol. The summed E-state index contributed by atoms with van der Waals surface area (Å²) in [5.74, 6) is -1.20. The van der Waals surface area contributed by atoms with Crippen molar-refractivity contribution in [2.45, 2.75) is 20.0 Å². The Morgan fingerprint density at radius 2 is 1.81 bits per heavy atom. The summed E-state index contributed by atoms with van der Waals surface area (Å²) in [5.41, 5.74) is 0.826. The molecule has 0 aromatic heterocycles. The van der Waals surface area contributed by atoms with Crippen LogP contribution in [0.5, 0.6) is 5.75 Å². The molecule has 1 atom stereocenters. The Kier molecular flexibility index (Phi) is 4.96. The fourth-order valence-electron chi connectivity index (χ4n) is 2.14. The van der Waals surface area contributed by atoms with Crippen molar-refractivity contribution in [2.24, 2.45) is 0 Å². The number of aliphatic hydroxyl groups is 1. The van der Waals surface area contributed by atoms with Gasteiger partial charge in [-0.1, -0.05) is 27.6 Å². The van der Waals surface area contributed by atoms with Crippen molar-refractivity contribution < 1.29 is 18.6 Å². The van der Waals surface area contributed by atoms with Gasteiger partial charge in [0.2, 0.25) is 0 Å². The van der Waals surface area contributed by atoms with E-state index in [1.165, 1.54) is 0 Å². The summed E-state index contributed by atoms with van der Waals surface area (Å²) < 4.78 is 33.7. The summed E-state index contributed by atoms with van der Waals surface area (Å²) in [5, 5.41) is 10.4. The van der Waals surface area contributed by atoms with E-state index in [-0.39, 0.29) is 10.0 Å². The Bertz CT molecular complexity index is 636. The minimum absolute atomic E-state index is 0.280. The average molecular weight is 357 g/mol. The molecule has 0 heterocycles. The van der Waals surface area contributed by atoms with E-state index in [1.54, 1.807) is 19.1 Å². The monoisotopic (exact) mass is 356 g/mol. The Morgan fingerprint density at radius 3 is 2.38 bits per heavy atom. The zero-order chi connectivity index (χ0) is 15.6. The number of hydrogen-bond acceptors (Lipinski definition) is 2. The summed E-state index contributed by atoms with van der Waals surface area (Å²) in [6, 6.07) is 7.41. The molecule has 0 aliphatic rings. The van der Waals surface area contributed by atoms with E-state index in [2.05, 4.69) is 15.9 Å². The van der Waals surface area contributed by atoms with Crippen molar-refractivity contribution in [3.8, 4) is 5.75 Å². The first-order valence-electron chi connectivity index (χ1n) is 6.50. The summed E-state index contributed by atoms with van der Waals surface area (Å²) >= 11 is 3.02. The van der Waals surface area contributed by atoms with Gasteiger partial charge in [0.05, 0.1) is 12.2 Å². The fraction of sp³-hybridized carbons (Fsp3) is 0.250. The SMILES string of the molecule is CCOc1ccc(C)cc1C(O)c1c(F)cc(Br)cc1F. The zero-order valence-electron chi connectivity index (χ0n) is 11.7. The Labute approximate surface area is 130 Å². The van der Waals surface area contributed by atoms with Crippen LogP contribution in [0.1, 0.15) is 29.7 Å². The van der Waals surface area contributed by atoms with Crippen LogP contribution in [-0.4, -0.2) is 11.7 Å². The van der Waals surface area contributed by atoms with Crippen molar-refractivity contribution in [1.82, 2.24) is 0 Å². The Hall–Kier alpha value is -1.46. The lowest BCUT2D eigenvalue weighted by atomic mass is 9.98. The molecule has 0 bridgehead atoms. The summed E-state index contributed by atoms with van der Waals surface area (Å²) in [4.78, 5) is 0. The van der Waals surface area contributed by atoms with E-state index in [9.17, 15) is 13.9 Å². The number of aliphatic hydroxyl groups excluding tert-OH is 1. The molecule has 0 saturated heterocycles. The summed E-state index contributed by atoms with van der Waals surface area (Å²) in [6.07, 6.45) is -1.43. The Balaban J connectivity index is 2.54. The average Bonchev–Trinajstić information content (AvgIpc) is 2.39. The van der Waals surface area contributed by atoms with E-state index in [1.807, 2.05) is 13.0 Å². The van der Waals surface area contributed by atoms with Gasteiger partial charge in [-0.2, -0.15) is 0 Å². The van der Waals surface area contributed by atoms with E-state index < -0.39 is 17.7 Å². The smallest absolute Gasteiger partial charge is 0.133 e. The largest absolute Gasteiger partial charge is 0.493 e. The van der Waals surface area contributed by atoms with Crippen LogP contribution in [0.4, 0.5) is 8.78 Å². The van der Waals surface area contributed by atoms with Crippen LogP contribution in [0.3, 0.4) is 0 Å². The van der Waals surface area contributed by atoms with Crippen LogP contribution in [0, 0.1) is 18.6 Å². The molecule has 1 unspecified atom stereocenters. The van der Waals surface area contributed by atoms with Gasteiger partial charge in [0.25, 0.3) is 0 Å². The van der Waals surface area contributed by atoms with Crippen LogP contribution in [0.25, 0.3) is 0 Å². The number of hydrogen-bond donors (Lipinski definition) is 1. The standard InChI is InChI=1S/C16H15BrF2O2/c1-3-21-14-5-4-9(2)6-11(14)16(20)15-12(18)7-10(17)8-13(15)19/h4-8,16,20H,3H2,1-2H3. The molecule has 0 aliphatic carbocycles. The lowest BCUT2D eigenvalue weighted by molar-refractivity contribution is 0.201. The van der Waals surface area contributed by atoms with E-state index in [0.29, 0.717) is 17.9 Å². The fourth-order valence-corrected chi connectivity index (χ4v) is 2.54. The molecule has 0 amide bonds. The third kappa shape index (κ3) is 3.41. The van der Waals surface area contributed by atoms with Gasteiger partial charge in [-0.25, -0.2) is 8.78 Å². The molecule has 2 aromatic rings. The highest BCUT2D eigenvalue weighted by atomic mass is 79.9. The molecule has 2 aromatic carbocycles. The first kappa shape index (κ1) is 15.9. The predicted molar refractivity (Wildman–Crippen MR) is 80.5 cm³/mol. The van der Waals surface area contributed by atoms with Gasteiger partial charge in [0.1, 0.15) is 23.5 Å². The topological polar surface area (TPSA) is 29.5 Å². The van der Waals surface area contributed by atoms with Gasteiger partial charge in [0.15, 0.2) is 0 Å². The van der Waals surface area contributed by atoms with Crippen LogP contribution in [0.2, 0.25) is 0 Å². The number of ether oxygens (including phenoxy) is 1. The molecule has 2 nitrogen and oxygen atoms in total. The second-order valence-corrected chi connectivity index (χ2v) is 5.58. The van der Waals surface area contributed by atoms with Crippen molar-refractivity contribution >= 4 is 15.9 Å². The van der Waals surface area contributed by atoms with E-state index >= 15 is 0 Å². The minimum atomic E-state index is -1.43. The molecule has 0 fully saturated rings. The van der Waals surface area contributed by atoms with Gasteiger partial charge in [-0.15, -0.1) is 0 Å². The second-order valence-electron chi connectivity index (χ2n) is 4.66. The van der Waals surface area contributed by atoms with E-state index in [4.69, 9.17) is 4.74 Å². The molecule has 0 radical (unpaired) electrons. The van der Waals surface area contributed by atoms with Crippen molar-refractivity contribution in [1.29, 1.82) is 0 Å². The maximum atomic E-state index is 14.0. The van der Waals surface area contributed by atoms with Crippen LogP contribution >= 0.6 is 15.9 Å². The van der Waals surface area contributed by atoms with Gasteiger partial charge < -0.3 is 9.84 Å². The molecule has 0 spiro atoms. The highest BCUT2D eigenvalue weighted by Gasteiger charge is 2.23. The maximum Gasteiger partial charge on any atom is 0.133 e. The number of aryl methyl sites for hydroxylation is 1. The minimum Gasteiger partial charge on any atom is -0.493 e. The lowest BCUT2D eigenvalue weighted by Gasteiger charge is -2.18. The third-order valence-corrected chi connectivity index (χ3v) is 3.53. The molecule has 1 N–H and O–H groups in total. The Morgan fingerprint density at radius 1 is 1.19 bits per heavy atom. The molecule has 0 aliphatic heterocycles. The molecular formula is C16H15BrF2O2. The van der Waals surface area contributed by atoms with Crippen LogP contribution in [0.15, 0.2) is 34.8 Å². The summed E-state index contributed by atoms with van der Waals surface area (Å²) in [7, 11) is 0. The van der Waals surface area contributed by atoms with Gasteiger partial charge in [-0.05, 0) is 38.1 Å². The molecule has 2 rings (SSSR count). The third-order valence-electron chi connectivity index (χ3n) is 3.08. The van der Waals surface area contributed by atoms with Crippen molar-refractivity contribution in [3.63, 3.8) is 0 Å². The second kappa shape index (κ2) is 6.54. The highest BCUT2D eigenvalue weighted by molar-refractivity contribution is 9.10. The normalized spacial score (nSPS) is 12.3. The zero-order valence-corrected chi connectivity index (χ0v) is 13.2. The number of benzene rings is 2. The first-order chi connectivity index (χ1) is 9.93. The van der Waals surface area contributed by atoms with Crippen molar-refractivity contribution in [3.05, 3.63) is 63.1 Å². The van der Waals surface area contributed by atoms with Crippen LogP contribution in [-0.2, 0) is 0 Å². The molecule has 0 saturated carbocycles. The van der Waals surface area contributed by atoms with Gasteiger partial charge >= 0.3 is 0 Å². The van der Waals surface area contributed by atoms with E-state index in [0.717, 1.165) is 17.7 Å². The van der Waals surface area contributed by atoms with Crippen molar-refractivity contribution in [2.75, 3.05) is 6.61 Å². The quantitative estimate of drug-likeness (QED) is 0.872. The number of rotatable bonds is 4. The van der Waals surface area contributed by atoms with Gasteiger partial charge in [0, 0.05) is 10.0 Å². The predicted octanol–water partition coefficient (Wildman–Crippen LogP) is 4.52. The van der Waals surface area contributed by atoms with Crippen LogP contribution < -0.4 is 4.74 Å². The lowest BCUT2D eigenvalue weighted by Crippen LogP contribution is -2.08. The van der Waals surface area contributed by atoms with Gasteiger partial charge in [-0.3, -0.25) is 0 Å². The highest BCUT2D eigenvalue weighted by Crippen LogP contribution is 2.34. The molecule has 5 heteroatoms. The first-order valence-corrected chi connectivity index (χ1v) is 7.29. The summed E-state index contributed by atoms with van der Waals surface area (Å²) in [6.45, 7) is 4.03. The molecule has 21 heavy (non-hydrogen) atoms. The maximum absolute atomic E-state index is 14.0. The number of halogens is 3.